The van der Waals surface area contributed by atoms with Crippen molar-refractivity contribution in [1.29, 1.82) is 0 Å². The highest BCUT2D eigenvalue weighted by molar-refractivity contribution is 6.32. The maximum Gasteiger partial charge on any atom is 0.223 e. The second-order valence-electron chi connectivity index (χ2n) is 4.37. The zero-order chi connectivity index (χ0) is 12.3. The Kier molecular flexibility index (Phi) is 6.60. The van der Waals surface area contributed by atoms with Gasteiger partial charge in [0.25, 0.3) is 0 Å². The van der Waals surface area contributed by atoms with E-state index >= 15 is 0 Å². The summed E-state index contributed by atoms with van der Waals surface area (Å²) in [7, 11) is 2.10. The fourth-order valence-corrected chi connectivity index (χ4v) is 2.44. The molecule has 1 aliphatic heterocycles. The molecule has 0 amide bonds. The molecule has 1 saturated heterocycles. The number of hydrogen-bond acceptors (Lipinski definition) is 4. The molecule has 0 aliphatic carbocycles. The molecular weight excluding hydrogens is 295 g/mol. The molecule has 1 aliphatic rings. The largest absolute Gasteiger partial charge is 0.315 e. The van der Waals surface area contributed by atoms with Crippen molar-refractivity contribution in [3.63, 3.8) is 0 Å². The SMILES string of the molecule is CN(Cc1cnc(Cl)nc1Cl)[C@@H]1CCCNC1.Cl. The van der Waals surface area contributed by atoms with Crippen LogP contribution in [0, 0.1) is 0 Å². The quantitative estimate of drug-likeness (QED) is 0.687. The van der Waals surface area contributed by atoms with E-state index in [1.165, 1.54) is 12.8 Å². The lowest BCUT2D eigenvalue weighted by molar-refractivity contribution is 0.195. The van der Waals surface area contributed by atoms with Gasteiger partial charge in [-0.2, -0.15) is 0 Å². The molecule has 0 saturated carbocycles. The minimum atomic E-state index is 0. The maximum absolute atomic E-state index is 6.03. The summed E-state index contributed by atoms with van der Waals surface area (Å²) in [5, 5.41) is 4.04. The van der Waals surface area contributed by atoms with Crippen molar-refractivity contribution < 1.29 is 0 Å². The Morgan fingerprint density at radius 2 is 2.28 bits per heavy atom. The number of nitrogens with one attached hydrogen (secondary N) is 1. The van der Waals surface area contributed by atoms with Gasteiger partial charge in [-0.1, -0.05) is 11.6 Å². The topological polar surface area (TPSA) is 41.1 Å². The molecule has 1 aromatic rings. The van der Waals surface area contributed by atoms with E-state index in [-0.39, 0.29) is 17.7 Å². The van der Waals surface area contributed by atoms with Crippen molar-refractivity contribution in [3.05, 3.63) is 22.2 Å². The maximum atomic E-state index is 6.03. The van der Waals surface area contributed by atoms with Crippen LogP contribution in [0.1, 0.15) is 18.4 Å². The smallest absolute Gasteiger partial charge is 0.223 e. The van der Waals surface area contributed by atoms with Gasteiger partial charge in [0.2, 0.25) is 5.28 Å². The summed E-state index contributed by atoms with van der Waals surface area (Å²) in [6.45, 7) is 2.90. The van der Waals surface area contributed by atoms with Gasteiger partial charge in [-0.25, -0.2) is 9.97 Å². The summed E-state index contributed by atoms with van der Waals surface area (Å²) >= 11 is 11.7. The molecule has 7 heteroatoms. The van der Waals surface area contributed by atoms with Crippen molar-refractivity contribution in [2.45, 2.75) is 25.4 Å². The first-order chi connectivity index (χ1) is 8.16. The summed E-state index contributed by atoms with van der Waals surface area (Å²) < 4.78 is 0. The van der Waals surface area contributed by atoms with Gasteiger partial charge in [0.15, 0.2) is 0 Å². The fraction of sp³-hybridized carbons (Fsp3) is 0.636. The molecule has 0 bridgehead atoms. The molecule has 4 nitrogen and oxygen atoms in total. The lowest BCUT2D eigenvalue weighted by atomic mass is 10.1. The highest BCUT2D eigenvalue weighted by Crippen LogP contribution is 2.18. The van der Waals surface area contributed by atoms with E-state index in [1.807, 2.05) is 0 Å². The van der Waals surface area contributed by atoms with E-state index in [0.717, 1.165) is 25.2 Å². The van der Waals surface area contributed by atoms with Gasteiger partial charge in [-0.15, -0.1) is 12.4 Å². The Morgan fingerprint density at radius 1 is 1.50 bits per heavy atom. The first-order valence-corrected chi connectivity index (χ1v) is 6.50. The fourth-order valence-electron chi connectivity index (χ4n) is 2.08. The number of nitrogens with zero attached hydrogens (tertiary/aromatic N) is 3. The molecule has 2 rings (SSSR count). The highest BCUT2D eigenvalue weighted by atomic mass is 35.5. The zero-order valence-corrected chi connectivity index (χ0v) is 12.5. The molecule has 0 unspecified atom stereocenters. The summed E-state index contributed by atoms with van der Waals surface area (Å²) in [5.74, 6) is 0. The summed E-state index contributed by atoms with van der Waals surface area (Å²) in [4.78, 5) is 10.2. The Balaban J connectivity index is 0.00000162. The molecule has 0 radical (unpaired) electrons. The lowest BCUT2D eigenvalue weighted by Gasteiger charge is -2.31. The van der Waals surface area contributed by atoms with Gasteiger partial charge < -0.3 is 5.32 Å². The third-order valence-corrected chi connectivity index (χ3v) is 3.61. The minimum Gasteiger partial charge on any atom is -0.315 e. The van der Waals surface area contributed by atoms with Crippen molar-refractivity contribution in [1.82, 2.24) is 20.2 Å². The average Bonchev–Trinajstić information content (AvgIpc) is 2.34. The standard InChI is InChI=1S/C11H16Cl2N4.ClH/c1-17(9-3-2-4-14-6-9)7-8-5-15-11(13)16-10(8)12;/h5,9,14H,2-4,6-7H2,1H3;1H/t9-;/m1./s1. The van der Waals surface area contributed by atoms with Gasteiger partial charge in [-0.3, -0.25) is 4.90 Å². The van der Waals surface area contributed by atoms with Crippen molar-refractivity contribution in [2.75, 3.05) is 20.1 Å². The molecule has 2 heterocycles. The normalized spacial score (nSPS) is 19.7. The predicted molar refractivity (Wildman–Crippen MR) is 76.7 cm³/mol. The Labute approximate surface area is 123 Å². The van der Waals surface area contributed by atoms with Crippen LogP contribution in [0.3, 0.4) is 0 Å². The Hall–Kier alpha value is -0.130. The van der Waals surface area contributed by atoms with Gasteiger partial charge in [-0.05, 0) is 38.0 Å². The van der Waals surface area contributed by atoms with Crippen LogP contribution < -0.4 is 5.32 Å². The molecule has 18 heavy (non-hydrogen) atoms. The summed E-state index contributed by atoms with van der Waals surface area (Å²) in [6.07, 6.45) is 4.14. The zero-order valence-electron chi connectivity index (χ0n) is 10.2. The van der Waals surface area contributed by atoms with E-state index < -0.39 is 0 Å². The summed E-state index contributed by atoms with van der Waals surface area (Å²) in [6, 6.07) is 0.551. The van der Waals surface area contributed by atoms with Crippen LogP contribution in [-0.2, 0) is 6.54 Å². The first kappa shape index (κ1) is 15.9. The molecule has 102 valence electrons. The molecule has 1 N–H and O–H groups in total. The molecule has 0 spiro atoms. The van der Waals surface area contributed by atoms with Gasteiger partial charge in [0.05, 0.1) is 0 Å². The van der Waals surface area contributed by atoms with E-state index in [2.05, 4.69) is 27.2 Å². The van der Waals surface area contributed by atoms with Crippen molar-refractivity contribution in [3.8, 4) is 0 Å². The van der Waals surface area contributed by atoms with Crippen LogP contribution in [0.5, 0.6) is 0 Å². The minimum absolute atomic E-state index is 0. The van der Waals surface area contributed by atoms with Crippen LogP contribution in [0.2, 0.25) is 10.4 Å². The number of hydrogen-bond donors (Lipinski definition) is 1. The van der Waals surface area contributed by atoms with Crippen molar-refractivity contribution >= 4 is 35.6 Å². The monoisotopic (exact) mass is 310 g/mol. The molecule has 0 aromatic carbocycles. The third kappa shape index (κ3) is 4.21. The summed E-state index contributed by atoms with van der Waals surface area (Å²) in [5.41, 5.74) is 0.921. The van der Waals surface area contributed by atoms with E-state index in [4.69, 9.17) is 23.2 Å². The second-order valence-corrected chi connectivity index (χ2v) is 5.07. The van der Waals surface area contributed by atoms with Crippen LogP contribution >= 0.6 is 35.6 Å². The molecule has 1 aromatic heterocycles. The Bertz CT molecular complexity index is 383. The van der Waals surface area contributed by atoms with E-state index in [0.29, 0.717) is 11.2 Å². The number of likely N-dealkylation sites (N-methyl/N-ethyl adjacent to an activating group) is 1. The van der Waals surface area contributed by atoms with E-state index in [1.54, 1.807) is 6.20 Å². The predicted octanol–water partition coefficient (Wildman–Crippen LogP) is 2.39. The van der Waals surface area contributed by atoms with Crippen LogP contribution in [0.25, 0.3) is 0 Å². The number of halogens is 3. The van der Waals surface area contributed by atoms with Gasteiger partial charge in [0.1, 0.15) is 5.15 Å². The number of piperidine rings is 1. The highest BCUT2D eigenvalue weighted by Gasteiger charge is 2.18. The Morgan fingerprint density at radius 3 is 2.89 bits per heavy atom. The molecular formula is C11H17Cl3N4. The number of rotatable bonds is 3. The van der Waals surface area contributed by atoms with Crippen molar-refractivity contribution in [2.24, 2.45) is 0 Å². The van der Waals surface area contributed by atoms with Crippen LogP contribution in [0.4, 0.5) is 0 Å². The van der Waals surface area contributed by atoms with E-state index in [9.17, 15) is 0 Å². The third-order valence-electron chi connectivity index (χ3n) is 3.10. The molecule has 1 atom stereocenters. The van der Waals surface area contributed by atoms with Gasteiger partial charge in [0, 0.05) is 30.9 Å². The lowest BCUT2D eigenvalue weighted by Crippen LogP contribution is -2.43. The first-order valence-electron chi connectivity index (χ1n) is 5.74. The van der Waals surface area contributed by atoms with Crippen LogP contribution in [0.15, 0.2) is 6.20 Å². The number of aromatic nitrogens is 2. The van der Waals surface area contributed by atoms with Gasteiger partial charge >= 0.3 is 0 Å². The second kappa shape index (κ2) is 7.46. The average molecular weight is 312 g/mol. The van der Waals surface area contributed by atoms with Crippen LogP contribution in [-0.4, -0.2) is 41.0 Å². The molecule has 1 fully saturated rings.